The van der Waals surface area contributed by atoms with Crippen molar-refractivity contribution in [2.45, 2.75) is 84.8 Å². The predicted octanol–water partition coefficient (Wildman–Crippen LogP) is 3.66. The van der Waals surface area contributed by atoms with Gasteiger partial charge in [0.2, 0.25) is 0 Å². The van der Waals surface area contributed by atoms with Crippen molar-refractivity contribution in [1.29, 1.82) is 0 Å². The highest BCUT2D eigenvalue weighted by atomic mass is 15.2. The molecular weight excluding hydrogens is 220 g/mol. The number of nitrogens with one attached hydrogen (secondary N) is 1. The lowest BCUT2D eigenvalue weighted by Crippen LogP contribution is -2.37. The second-order valence-electron chi connectivity index (χ2n) is 6.75. The van der Waals surface area contributed by atoms with Gasteiger partial charge in [-0.1, -0.05) is 27.7 Å². The van der Waals surface area contributed by atoms with Gasteiger partial charge >= 0.3 is 0 Å². The summed E-state index contributed by atoms with van der Waals surface area (Å²) in [5.74, 6) is 0.834. The molecule has 1 atom stereocenters. The van der Waals surface area contributed by atoms with Gasteiger partial charge in [0, 0.05) is 18.1 Å². The van der Waals surface area contributed by atoms with Crippen LogP contribution in [0, 0.1) is 5.92 Å². The average molecular weight is 254 g/mol. The number of hydrogen-bond acceptors (Lipinski definition) is 2. The third kappa shape index (κ3) is 6.75. The maximum absolute atomic E-state index is 3.52. The summed E-state index contributed by atoms with van der Waals surface area (Å²) in [5.41, 5.74) is 0. The van der Waals surface area contributed by atoms with Gasteiger partial charge < -0.3 is 5.32 Å². The molecule has 0 spiro atoms. The monoisotopic (exact) mass is 254 g/mol. The van der Waals surface area contributed by atoms with Crippen LogP contribution in [0.5, 0.6) is 0 Å². The summed E-state index contributed by atoms with van der Waals surface area (Å²) in [5, 5.41) is 3.52. The average Bonchev–Trinajstić information content (AvgIpc) is 3.08. The van der Waals surface area contributed by atoms with Crippen molar-refractivity contribution < 1.29 is 0 Å². The van der Waals surface area contributed by atoms with E-state index in [0.29, 0.717) is 6.04 Å². The fraction of sp³-hybridized carbons (Fsp3) is 1.00. The summed E-state index contributed by atoms with van der Waals surface area (Å²) in [6.45, 7) is 14.0. The summed E-state index contributed by atoms with van der Waals surface area (Å²) in [4.78, 5) is 2.77. The molecule has 0 aromatic carbocycles. The number of hydrogen-bond donors (Lipinski definition) is 1. The predicted molar refractivity (Wildman–Crippen MR) is 81.0 cm³/mol. The van der Waals surface area contributed by atoms with Gasteiger partial charge in [-0.25, -0.2) is 0 Å². The van der Waals surface area contributed by atoms with E-state index < -0.39 is 0 Å². The molecule has 0 radical (unpaired) electrons. The van der Waals surface area contributed by atoms with Crippen molar-refractivity contribution in [1.82, 2.24) is 10.2 Å². The molecule has 2 nitrogen and oxygen atoms in total. The molecule has 1 saturated carbocycles. The van der Waals surface area contributed by atoms with Gasteiger partial charge in [0.15, 0.2) is 0 Å². The first kappa shape index (κ1) is 16.0. The van der Waals surface area contributed by atoms with Gasteiger partial charge in [-0.05, 0) is 58.0 Å². The molecule has 108 valence electrons. The van der Waals surface area contributed by atoms with Gasteiger partial charge in [-0.2, -0.15) is 0 Å². The molecule has 18 heavy (non-hydrogen) atoms. The first-order valence-electron chi connectivity index (χ1n) is 7.99. The molecule has 0 amide bonds. The van der Waals surface area contributed by atoms with Crippen molar-refractivity contribution in [3.8, 4) is 0 Å². The molecule has 1 unspecified atom stereocenters. The molecule has 1 aliphatic carbocycles. The van der Waals surface area contributed by atoms with E-state index in [-0.39, 0.29) is 0 Å². The summed E-state index contributed by atoms with van der Waals surface area (Å²) in [7, 11) is 0. The van der Waals surface area contributed by atoms with E-state index in [1.54, 1.807) is 0 Å². The van der Waals surface area contributed by atoms with Crippen LogP contribution in [0.4, 0.5) is 0 Å². The first-order chi connectivity index (χ1) is 8.50. The minimum Gasteiger partial charge on any atom is -0.315 e. The lowest BCUT2D eigenvalue weighted by Gasteiger charge is -2.30. The van der Waals surface area contributed by atoms with Gasteiger partial charge in [0.25, 0.3) is 0 Å². The summed E-state index contributed by atoms with van der Waals surface area (Å²) >= 11 is 0. The number of rotatable bonds is 10. The van der Waals surface area contributed by atoms with E-state index in [2.05, 4.69) is 44.8 Å². The standard InChI is InChI=1S/C16H34N2/c1-13(2)10-12-18(16-8-9-16)15(5)7-6-11-17-14(3)4/h13-17H,6-12H2,1-5H3. The van der Waals surface area contributed by atoms with E-state index in [9.17, 15) is 0 Å². The summed E-state index contributed by atoms with van der Waals surface area (Å²) in [6, 6.07) is 2.31. The van der Waals surface area contributed by atoms with Crippen LogP contribution in [0.1, 0.15) is 66.7 Å². The zero-order valence-corrected chi connectivity index (χ0v) is 13.2. The molecule has 0 aliphatic heterocycles. The molecule has 0 aromatic rings. The van der Waals surface area contributed by atoms with Crippen LogP contribution in [0.15, 0.2) is 0 Å². The zero-order valence-electron chi connectivity index (χ0n) is 13.2. The van der Waals surface area contributed by atoms with Gasteiger partial charge in [-0.15, -0.1) is 0 Å². The Hall–Kier alpha value is -0.0800. The number of nitrogens with zero attached hydrogens (tertiary/aromatic N) is 1. The Labute approximate surface area is 115 Å². The Morgan fingerprint density at radius 1 is 1.06 bits per heavy atom. The minimum absolute atomic E-state index is 0.626. The van der Waals surface area contributed by atoms with Crippen molar-refractivity contribution in [3.63, 3.8) is 0 Å². The molecule has 1 aliphatic rings. The van der Waals surface area contributed by atoms with Crippen LogP contribution >= 0.6 is 0 Å². The van der Waals surface area contributed by atoms with Crippen LogP contribution < -0.4 is 5.32 Å². The zero-order chi connectivity index (χ0) is 13.5. The minimum atomic E-state index is 0.626. The SMILES string of the molecule is CC(C)CCN(C(C)CCCNC(C)C)C1CC1. The fourth-order valence-corrected chi connectivity index (χ4v) is 2.53. The van der Waals surface area contributed by atoms with Crippen LogP contribution in [0.25, 0.3) is 0 Å². The van der Waals surface area contributed by atoms with Crippen LogP contribution in [0.3, 0.4) is 0 Å². The van der Waals surface area contributed by atoms with E-state index in [4.69, 9.17) is 0 Å². The highest BCUT2D eigenvalue weighted by Gasteiger charge is 2.31. The molecular formula is C16H34N2. The Morgan fingerprint density at radius 2 is 1.72 bits per heavy atom. The largest absolute Gasteiger partial charge is 0.315 e. The van der Waals surface area contributed by atoms with E-state index in [1.165, 1.54) is 45.2 Å². The van der Waals surface area contributed by atoms with Gasteiger partial charge in [-0.3, -0.25) is 4.90 Å². The summed E-state index contributed by atoms with van der Waals surface area (Å²) in [6.07, 6.45) is 6.88. The van der Waals surface area contributed by atoms with Crippen LogP contribution in [-0.4, -0.2) is 36.1 Å². The highest BCUT2D eigenvalue weighted by molar-refractivity contribution is 4.87. The second-order valence-corrected chi connectivity index (χ2v) is 6.75. The quantitative estimate of drug-likeness (QED) is 0.599. The molecule has 2 heteroatoms. The molecule has 1 fully saturated rings. The van der Waals surface area contributed by atoms with Crippen LogP contribution in [0.2, 0.25) is 0 Å². The summed E-state index contributed by atoms with van der Waals surface area (Å²) < 4.78 is 0. The Kier molecular flexibility index (Phi) is 7.25. The van der Waals surface area contributed by atoms with E-state index in [0.717, 1.165) is 18.0 Å². The maximum atomic E-state index is 3.52. The Bertz CT molecular complexity index is 209. The molecule has 0 aromatic heterocycles. The smallest absolute Gasteiger partial charge is 0.00992 e. The maximum Gasteiger partial charge on any atom is 0.00992 e. The molecule has 1 N–H and O–H groups in total. The second kappa shape index (κ2) is 8.16. The highest BCUT2D eigenvalue weighted by Crippen LogP contribution is 2.30. The van der Waals surface area contributed by atoms with Gasteiger partial charge in [0.05, 0.1) is 0 Å². The third-order valence-electron chi connectivity index (χ3n) is 3.90. The fourth-order valence-electron chi connectivity index (χ4n) is 2.53. The van der Waals surface area contributed by atoms with Crippen molar-refractivity contribution >= 4 is 0 Å². The van der Waals surface area contributed by atoms with E-state index >= 15 is 0 Å². The Balaban J connectivity index is 2.20. The van der Waals surface area contributed by atoms with Crippen LogP contribution in [-0.2, 0) is 0 Å². The molecule has 0 heterocycles. The van der Waals surface area contributed by atoms with Gasteiger partial charge in [0.1, 0.15) is 0 Å². The normalized spacial score (nSPS) is 18.0. The Morgan fingerprint density at radius 3 is 2.22 bits per heavy atom. The van der Waals surface area contributed by atoms with E-state index in [1.807, 2.05) is 0 Å². The first-order valence-corrected chi connectivity index (χ1v) is 7.99. The molecule has 0 saturated heterocycles. The third-order valence-corrected chi connectivity index (χ3v) is 3.90. The topological polar surface area (TPSA) is 15.3 Å². The van der Waals surface area contributed by atoms with Crippen molar-refractivity contribution in [2.75, 3.05) is 13.1 Å². The van der Waals surface area contributed by atoms with Crippen molar-refractivity contribution in [2.24, 2.45) is 5.92 Å². The molecule has 0 bridgehead atoms. The lowest BCUT2D eigenvalue weighted by atomic mass is 10.1. The van der Waals surface area contributed by atoms with Crippen molar-refractivity contribution in [3.05, 3.63) is 0 Å². The lowest BCUT2D eigenvalue weighted by molar-refractivity contribution is 0.177. The molecule has 1 rings (SSSR count).